The van der Waals surface area contributed by atoms with Crippen molar-refractivity contribution >= 4 is 18.1 Å². The minimum Gasteiger partial charge on any atom is -0.338 e. The van der Waals surface area contributed by atoms with Crippen molar-refractivity contribution < 1.29 is 14.4 Å². The molecule has 1 rings (SSSR count). The van der Waals surface area contributed by atoms with Crippen LogP contribution in [-0.2, 0) is 0 Å². The molecule has 9 nitrogen and oxygen atoms in total. The Labute approximate surface area is 430 Å². The number of urea groups is 3. The maximum atomic E-state index is 13.5. The lowest BCUT2D eigenvalue weighted by molar-refractivity contribution is 0.180. The number of carbonyl (C=O) groups excluding carboxylic acids is 3. The molecule has 1 aliphatic rings. The normalized spacial score (nSPS) is 13.3. The topological polar surface area (TPSA) is 97.0 Å². The Balaban J connectivity index is 2.43. The third kappa shape index (κ3) is 43.1. The molecule has 0 atom stereocenters. The monoisotopic (exact) mass is 973 g/mol. The van der Waals surface area contributed by atoms with Gasteiger partial charge in [0, 0.05) is 58.9 Å². The molecule has 0 saturated carbocycles. The number of carbonyl (C=O) groups is 3. The van der Waals surface area contributed by atoms with Crippen molar-refractivity contribution in [2.24, 2.45) is 0 Å². The molecule has 0 spiro atoms. The van der Waals surface area contributed by atoms with Gasteiger partial charge in [0.15, 0.2) is 0 Å². The van der Waals surface area contributed by atoms with Crippen molar-refractivity contribution in [2.75, 3.05) is 58.9 Å². The quantitative estimate of drug-likeness (QED) is 0.0530. The molecule has 6 amide bonds. The van der Waals surface area contributed by atoms with Crippen molar-refractivity contribution in [3.8, 4) is 0 Å². The first kappa shape index (κ1) is 64.8. The number of hydrogen-bond donors (Lipinski definition) is 3. The molecule has 408 valence electrons. The SMILES string of the molecule is CCCCCCCCCCCCCCCCCNC(=O)N1CCN(C(=O)NCCCCCCCCCCCCCCCCC)CCN(C(=O)NCCCCCCCCCCCCCCCCC)CC1. The lowest BCUT2D eigenvalue weighted by atomic mass is 10.0. The van der Waals surface area contributed by atoms with Crippen molar-refractivity contribution in [1.29, 1.82) is 0 Å². The summed E-state index contributed by atoms with van der Waals surface area (Å²) in [7, 11) is 0. The highest BCUT2D eigenvalue weighted by atomic mass is 16.2. The molecular formula is C60H120N6O3. The predicted octanol–water partition coefficient (Wildman–Crippen LogP) is 17.6. The first-order valence-corrected chi connectivity index (χ1v) is 31.1. The molecule has 9 heteroatoms. The van der Waals surface area contributed by atoms with E-state index >= 15 is 0 Å². The summed E-state index contributed by atoms with van der Waals surface area (Å²) in [5.41, 5.74) is 0. The fourth-order valence-electron chi connectivity index (χ4n) is 10.1. The standard InChI is InChI=1S/C60H120N6O3/c1-4-7-10-13-16-19-22-25-28-31-34-37-40-43-46-49-61-58(67)64-52-54-65(59(68)62-50-47-44-41-38-35-32-29-26-23-20-17-14-11-8-5-2)56-57-66(55-53-64)60(69)63-51-48-45-42-39-36-33-30-27-24-21-18-15-12-9-6-3/h4-57H2,1-3H3,(H,61,67)(H,62,68)(H,63,69). The average molecular weight is 974 g/mol. The highest BCUT2D eigenvalue weighted by Crippen LogP contribution is 2.17. The van der Waals surface area contributed by atoms with Crippen LogP contribution in [0.4, 0.5) is 14.4 Å². The van der Waals surface area contributed by atoms with E-state index in [2.05, 4.69) is 36.7 Å². The summed E-state index contributed by atoms with van der Waals surface area (Å²) in [6, 6.07) is -0.254. The smallest absolute Gasteiger partial charge is 0.317 e. The Bertz CT molecular complexity index is 964. The van der Waals surface area contributed by atoms with Crippen LogP contribution < -0.4 is 16.0 Å². The minimum atomic E-state index is -0.0846. The van der Waals surface area contributed by atoms with E-state index in [4.69, 9.17) is 0 Å². The van der Waals surface area contributed by atoms with Crippen LogP contribution >= 0.6 is 0 Å². The molecule has 69 heavy (non-hydrogen) atoms. The lowest BCUT2D eigenvalue weighted by Crippen LogP contribution is -2.48. The number of amides is 6. The zero-order chi connectivity index (χ0) is 49.8. The molecule has 0 aromatic heterocycles. The van der Waals surface area contributed by atoms with E-state index in [1.807, 2.05) is 14.7 Å². The summed E-state index contributed by atoms with van der Waals surface area (Å²) in [6.45, 7) is 11.6. The minimum absolute atomic E-state index is 0.0846. The first-order chi connectivity index (χ1) is 34.0. The van der Waals surface area contributed by atoms with E-state index in [-0.39, 0.29) is 18.1 Å². The van der Waals surface area contributed by atoms with Crippen LogP contribution in [0.2, 0.25) is 0 Å². The van der Waals surface area contributed by atoms with Gasteiger partial charge in [-0.05, 0) is 19.3 Å². The largest absolute Gasteiger partial charge is 0.338 e. The maximum absolute atomic E-state index is 13.5. The summed E-state index contributed by atoms with van der Waals surface area (Å²) >= 11 is 0. The molecule has 0 aliphatic carbocycles. The average Bonchev–Trinajstić information content (AvgIpc) is 3.47. The van der Waals surface area contributed by atoms with E-state index in [1.165, 1.54) is 250 Å². The Morgan fingerprint density at radius 3 is 0.507 bits per heavy atom. The summed E-state index contributed by atoms with van der Waals surface area (Å²) < 4.78 is 0. The van der Waals surface area contributed by atoms with Gasteiger partial charge in [0.1, 0.15) is 0 Å². The fraction of sp³-hybridized carbons (Fsp3) is 0.950. The van der Waals surface area contributed by atoms with E-state index in [1.54, 1.807) is 0 Å². The number of rotatable bonds is 48. The zero-order valence-electron chi connectivity index (χ0n) is 46.8. The third-order valence-electron chi connectivity index (χ3n) is 15.0. The number of hydrogen-bond acceptors (Lipinski definition) is 3. The molecule has 1 saturated heterocycles. The Hall–Kier alpha value is -2.19. The molecule has 0 aromatic rings. The van der Waals surface area contributed by atoms with Gasteiger partial charge in [-0.15, -0.1) is 0 Å². The van der Waals surface area contributed by atoms with E-state index < -0.39 is 0 Å². The molecule has 1 aliphatic heterocycles. The molecule has 0 radical (unpaired) electrons. The Kier molecular flexibility index (Phi) is 49.0. The van der Waals surface area contributed by atoms with Crippen molar-refractivity contribution in [3.63, 3.8) is 0 Å². The summed E-state index contributed by atoms with van der Waals surface area (Å²) in [6.07, 6.45) is 59.5. The van der Waals surface area contributed by atoms with Gasteiger partial charge >= 0.3 is 18.1 Å². The van der Waals surface area contributed by atoms with Crippen LogP contribution in [0, 0.1) is 0 Å². The van der Waals surface area contributed by atoms with Crippen LogP contribution in [0.15, 0.2) is 0 Å². The van der Waals surface area contributed by atoms with Gasteiger partial charge in [0.05, 0.1) is 0 Å². The van der Waals surface area contributed by atoms with Crippen molar-refractivity contribution in [3.05, 3.63) is 0 Å². The molecular weight excluding hydrogens is 853 g/mol. The van der Waals surface area contributed by atoms with Crippen LogP contribution in [0.1, 0.15) is 310 Å². The number of nitrogens with one attached hydrogen (secondary N) is 3. The number of nitrogens with zero attached hydrogens (tertiary/aromatic N) is 3. The summed E-state index contributed by atoms with van der Waals surface area (Å²) in [5, 5.41) is 9.53. The second-order valence-electron chi connectivity index (χ2n) is 21.5. The molecule has 1 fully saturated rings. The summed E-state index contributed by atoms with van der Waals surface area (Å²) in [4.78, 5) is 46.0. The van der Waals surface area contributed by atoms with Crippen LogP contribution in [0.3, 0.4) is 0 Å². The molecule has 3 N–H and O–H groups in total. The van der Waals surface area contributed by atoms with Gasteiger partial charge in [-0.1, -0.05) is 290 Å². The molecule has 0 aromatic carbocycles. The highest BCUT2D eigenvalue weighted by molar-refractivity contribution is 5.77. The summed E-state index contributed by atoms with van der Waals surface area (Å²) in [5.74, 6) is 0. The van der Waals surface area contributed by atoms with Crippen LogP contribution in [0.5, 0.6) is 0 Å². The van der Waals surface area contributed by atoms with Crippen molar-refractivity contribution in [1.82, 2.24) is 30.7 Å². The first-order valence-electron chi connectivity index (χ1n) is 31.1. The van der Waals surface area contributed by atoms with Crippen molar-refractivity contribution in [2.45, 2.75) is 310 Å². The van der Waals surface area contributed by atoms with E-state index in [0.29, 0.717) is 58.9 Å². The molecule has 0 unspecified atom stereocenters. The second kappa shape index (κ2) is 52.1. The third-order valence-corrected chi connectivity index (χ3v) is 15.0. The van der Waals surface area contributed by atoms with Crippen LogP contribution in [-0.4, -0.2) is 91.7 Å². The van der Waals surface area contributed by atoms with Gasteiger partial charge in [0.25, 0.3) is 0 Å². The van der Waals surface area contributed by atoms with Gasteiger partial charge in [-0.3, -0.25) is 0 Å². The second-order valence-corrected chi connectivity index (χ2v) is 21.5. The maximum Gasteiger partial charge on any atom is 0.317 e. The highest BCUT2D eigenvalue weighted by Gasteiger charge is 2.24. The molecule has 1 heterocycles. The van der Waals surface area contributed by atoms with Gasteiger partial charge in [0.2, 0.25) is 0 Å². The van der Waals surface area contributed by atoms with E-state index in [0.717, 1.165) is 38.5 Å². The predicted molar refractivity (Wildman–Crippen MR) is 300 cm³/mol. The zero-order valence-corrected chi connectivity index (χ0v) is 46.8. The van der Waals surface area contributed by atoms with Gasteiger partial charge < -0.3 is 30.7 Å². The lowest BCUT2D eigenvalue weighted by Gasteiger charge is -2.26. The van der Waals surface area contributed by atoms with Crippen LogP contribution in [0.25, 0.3) is 0 Å². The van der Waals surface area contributed by atoms with E-state index in [9.17, 15) is 14.4 Å². The molecule has 0 bridgehead atoms. The van der Waals surface area contributed by atoms with Gasteiger partial charge in [-0.2, -0.15) is 0 Å². The number of unbranched alkanes of at least 4 members (excludes halogenated alkanes) is 42. The Morgan fingerprint density at radius 2 is 0.362 bits per heavy atom. The fourth-order valence-corrected chi connectivity index (χ4v) is 10.1. The Morgan fingerprint density at radius 1 is 0.232 bits per heavy atom. The van der Waals surface area contributed by atoms with Gasteiger partial charge in [-0.25, -0.2) is 14.4 Å².